The van der Waals surface area contributed by atoms with E-state index in [0.717, 1.165) is 0 Å². The van der Waals surface area contributed by atoms with Crippen LogP contribution < -0.4 is 5.32 Å². The van der Waals surface area contributed by atoms with Gasteiger partial charge in [0.05, 0.1) is 16.2 Å². The molecule has 0 spiro atoms. The van der Waals surface area contributed by atoms with Gasteiger partial charge in [0.1, 0.15) is 0 Å². The normalized spacial score (nSPS) is 12.4. The Labute approximate surface area is 130 Å². The first kappa shape index (κ1) is 16.1. The van der Waals surface area contributed by atoms with Crippen molar-refractivity contribution in [2.24, 2.45) is 0 Å². The number of urea groups is 1. The van der Waals surface area contributed by atoms with Crippen molar-refractivity contribution in [3.63, 3.8) is 0 Å². The Morgan fingerprint density at radius 2 is 1.50 bits per heavy atom. The molecule has 9 heteroatoms. The highest BCUT2D eigenvalue weighted by Crippen LogP contribution is 2.18. The molecular weight excluding hydrogens is 328 g/mol. The Kier molecular flexibility index (Phi) is 4.91. The second kappa shape index (κ2) is 6.69. The summed E-state index contributed by atoms with van der Waals surface area (Å²) in [5, 5.41) is 2.21. The molecule has 2 rings (SSSR count). The van der Waals surface area contributed by atoms with Crippen LogP contribution in [0, 0.1) is 0 Å². The second-order valence-electron chi connectivity index (χ2n) is 4.06. The summed E-state index contributed by atoms with van der Waals surface area (Å²) in [7, 11) is -4.51. The molecule has 116 valence electrons. The summed E-state index contributed by atoms with van der Waals surface area (Å²) >= 11 is -3.29. The number of rotatable bonds is 4. The summed E-state index contributed by atoms with van der Waals surface area (Å²) in [4.78, 5) is 11.7. The van der Waals surface area contributed by atoms with Crippen molar-refractivity contribution < 1.29 is 22.0 Å². The number of nitrogens with one attached hydrogen (secondary N) is 1. The van der Waals surface area contributed by atoms with E-state index in [-0.39, 0.29) is 14.3 Å². The Hall–Kier alpha value is -2.23. The largest absolute Gasteiger partial charge is 0.754 e. The van der Waals surface area contributed by atoms with Crippen LogP contribution in [0.5, 0.6) is 0 Å². The molecule has 0 aliphatic carbocycles. The van der Waals surface area contributed by atoms with E-state index in [2.05, 4.69) is 5.32 Å². The molecule has 0 aliphatic heterocycles. The molecule has 0 fully saturated rings. The number of anilines is 1. The van der Waals surface area contributed by atoms with Crippen molar-refractivity contribution >= 4 is 33.0 Å². The van der Waals surface area contributed by atoms with Crippen molar-refractivity contribution in [2.75, 3.05) is 5.32 Å². The van der Waals surface area contributed by atoms with Crippen LogP contribution in [0.4, 0.5) is 10.5 Å². The van der Waals surface area contributed by atoms with Crippen molar-refractivity contribution in [3.05, 3.63) is 60.7 Å². The highest BCUT2D eigenvalue weighted by atomic mass is 32.3. The number of benzene rings is 2. The van der Waals surface area contributed by atoms with E-state index in [9.17, 15) is 22.0 Å². The van der Waals surface area contributed by atoms with Crippen LogP contribution in [0.15, 0.2) is 65.6 Å². The molecule has 1 N–H and O–H groups in total. The van der Waals surface area contributed by atoms with E-state index >= 15 is 0 Å². The average Bonchev–Trinajstić information content (AvgIpc) is 2.48. The van der Waals surface area contributed by atoms with Crippen LogP contribution in [0.25, 0.3) is 0 Å². The number of hydrogen-bond donors (Lipinski definition) is 1. The first-order valence-electron chi connectivity index (χ1n) is 5.99. The average molecular weight is 339 g/mol. The quantitative estimate of drug-likeness (QED) is 0.853. The van der Waals surface area contributed by atoms with Crippen molar-refractivity contribution in [1.29, 1.82) is 0 Å². The topological polar surface area (TPSA) is 107 Å². The summed E-state index contributed by atoms with van der Waals surface area (Å²) < 4.78 is 46.8. The standard InChI is InChI=1S/C13H12N2O5S2/c16-13(14-11-7-3-1-4-8-11)15(21(17)18)22(19,20)12-9-5-2-6-10-12/h1-10H,(H,14,16)(H,17,18)/p-1. The van der Waals surface area contributed by atoms with Gasteiger partial charge in [-0.2, -0.15) is 8.42 Å². The van der Waals surface area contributed by atoms with Gasteiger partial charge in [-0.25, -0.2) is 4.79 Å². The Morgan fingerprint density at radius 3 is 2.00 bits per heavy atom. The Bertz CT molecular complexity index is 779. The number of para-hydroxylation sites is 1. The molecule has 0 aliphatic rings. The fraction of sp³-hybridized carbons (Fsp3) is 0. The van der Waals surface area contributed by atoms with Crippen LogP contribution in [0.3, 0.4) is 0 Å². The Morgan fingerprint density at radius 1 is 1.00 bits per heavy atom. The van der Waals surface area contributed by atoms with Gasteiger partial charge in [-0.3, -0.25) is 4.21 Å². The zero-order chi connectivity index (χ0) is 16.2. The third-order valence-electron chi connectivity index (χ3n) is 2.59. The summed E-state index contributed by atoms with van der Waals surface area (Å²) in [6.45, 7) is 0. The Balaban J connectivity index is 2.35. The fourth-order valence-corrected chi connectivity index (χ4v) is 3.67. The summed E-state index contributed by atoms with van der Waals surface area (Å²) in [5.41, 5.74) is 0.270. The first-order valence-corrected chi connectivity index (χ1v) is 8.46. The van der Waals surface area contributed by atoms with E-state index in [0.29, 0.717) is 0 Å². The zero-order valence-electron chi connectivity index (χ0n) is 11.1. The zero-order valence-corrected chi connectivity index (χ0v) is 12.7. The molecule has 7 nitrogen and oxygen atoms in total. The molecule has 22 heavy (non-hydrogen) atoms. The summed E-state index contributed by atoms with van der Waals surface area (Å²) in [6.07, 6.45) is 0. The maximum Gasteiger partial charge on any atom is 0.347 e. The predicted molar refractivity (Wildman–Crippen MR) is 79.8 cm³/mol. The van der Waals surface area contributed by atoms with Crippen molar-refractivity contribution in [2.45, 2.75) is 4.90 Å². The van der Waals surface area contributed by atoms with Gasteiger partial charge < -0.3 is 9.87 Å². The number of carbonyl (C=O) groups excluding carboxylic acids is 1. The number of nitrogens with zero attached hydrogens (tertiary/aromatic N) is 1. The summed E-state index contributed by atoms with van der Waals surface area (Å²) in [5.74, 6) is 0. The van der Waals surface area contributed by atoms with Gasteiger partial charge in [0.25, 0.3) is 10.0 Å². The molecule has 0 aromatic heterocycles. The van der Waals surface area contributed by atoms with Gasteiger partial charge in [-0.1, -0.05) is 36.4 Å². The van der Waals surface area contributed by atoms with Gasteiger partial charge in [-0.15, -0.1) is 3.71 Å². The molecule has 0 saturated heterocycles. The molecule has 2 aromatic rings. The summed E-state index contributed by atoms with van der Waals surface area (Å²) in [6, 6.07) is 13.4. The van der Waals surface area contributed by atoms with Gasteiger partial charge in [0, 0.05) is 5.69 Å². The molecule has 1 unspecified atom stereocenters. The molecule has 2 amide bonds. The van der Waals surface area contributed by atoms with Crippen LogP contribution in [-0.4, -0.2) is 26.9 Å². The maximum absolute atomic E-state index is 12.3. The fourth-order valence-electron chi connectivity index (χ4n) is 1.64. The van der Waals surface area contributed by atoms with E-state index in [1.54, 1.807) is 24.3 Å². The lowest BCUT2D eigenvalue weighted by Crippen LogP contribution is -2.41. The van der Waals surface area contributed by atoms with Gasteiger partial charge >= 0.3 is 6.03 Å². The number of amides is 2. The minimum absolute atomic E-state index is 0.227. The third kappa shape index (κ3) is 3.50. The van der Waals surface area contributed by atoms with Crippen LogP contribution >= 0.6 is 0 Å². The lowest BCUT2D eigenvalue weighted by Gasteiger charge is -2.23. The maximum atomic E-state index is 12.3. The highest BCUT2D eigenvalue weighted by Gasteiger charge is 2.30. The molecule has 0 radical (unpaired) electrons. The highest BCUT2D eigenvalue weighted by molar-refractivity contribution is 8.00. The van der Waals surface area contributed by atoms with Crippen molar-refractivity contribution in [3.8, 4) is 0 Å². The van der Waals surface area contributed by atoms with Gasteiger partial charge in [-0.05, 0) is 24.3 Å². The smallest absolute Gasteiger partial charge is 0.347 e. The molecular formula is C13H11N2O5S2-. The number of sulfonamides is 1. The lowest BCUT2D eigenvalue weighted by molar-refractivity contribution is 0.246. The van der Waals surface area contributed by atoms with E-state index < -0.39 is 27.3 Å². The van der Waals surface area contributed by atoms with Crippen LogP contribution in [-0.2, 0) is 21.3 Å². The third-order valence-corrected chi connectivity index (χ3v) is 5.45. The molecule has 0 heterocycles. The van der Waals surface area contributed by atoms with Gasteiger partial charge in [0.2, 0.25) is 0 Å². The monoisotopic (exact) mass is 339 g/mol. The van der Waals surface area contributed by atoms with E-state index in [1.165, 1.54) is 36.4 Å². The van der Waals surface area contributed by atoms with Gasteiger partial charge in [0.15, 0.2) is 0 Å². The number of hydrogen-bond acceptors (Lipinski definition) is 5. The van der Waals surface area contributed by atoms with Crippen molar-refractivity contribution in [1.82, 2.24) is 3.71 Å². The molecule has 2 aromatic carbocycles. The predicted octanol–water partition coefficient (Wildman–Crippen LogP) is 1.70. The van der Waals surface area contributed by atoms with E-state index in [4.69, 9.17) is 0 Å². The second-order valence-corrected chi connectivity index (χ2v) is 6.88. The minimum atomic E-state index is -4.51. The minimum Gasteiger partial charge on any atom is -0.754 e. The molecule has 0 bridgehead atoms. The van der Waals surface area contributed by atoms with E-state index in [1.807, 2.05) is 0 Å². The van der Waals surface area contributed by atoms with Crippen LogP contribution in [0.2, 0.25) is 0 Å². The lowest BCUT2D eigenvalue weighted by atomic mass is 10.3. The number of carbonyl (C=O) groups is 1. The first-order chi connectivity index (χ1) is 10.4. The van der Waals surface area contributed by atoms with Crippen LogP contribution in [0.1, 0.15) is 0 Å². The molecule has 0 saturated carbocycles. The molecule has 1 atom stereocenters. The SMILES string of the molecule is O=C(Nc1ccccc1)N(S(=O)[O-])S(=O)(=O)c1ccccc1.